The summed E-state index contributed by atoms with van der Waals surface area (Å²) < 4.78 is 0. The molecule has 0 aliphatic carbocycles. The minimum Gasteiger partial charge on any atom is -0.286 e. The van der Waals surface area contributed by atoms with Gasteiger partial charge in [-0.1, -0.05) is 23.5 Å². The highest BCUT2D eigenvalue weighted by molar-refractivity contribution is 8.18. The first kappa shape index (κ1) is 15.1. The Hall–Kier alpha value is 1.09. The second-order valence-corrected chi connectivity index (χ2v) is 5.73. The van der Waals surface area contributed by atoms with Gasteiger partial charge in [-0.05, 0) is 0 Å². The van der Waals surface area contributed by atoms with Crippen LogP contribution in [0, 0.1) is 0 Å². The summed E-state index contributed by atoms with van der Waals surface area (Å²) in [5, 5.41) is 0.122. The molecular formula is C7H12O2S5. The van der Waals surface area contributed by atoms with Crippen molar-refractivity contribution in [3.05, 3.63) is 0 Å². The smallest absolute Gasteiger partial charge is 0.198 e. The van der Waals surface area contributed by atoms with Gasteiger partial charge >= 0.3 is 0 Å². The van der Waals surface area contributed by atoms with Gasteiger partial charge in [0.2, 0.25) is 0 Å². The highest BCUT2D eigenvalue weighted by Gasteiger charge is 2.13. The molecule has 1 atom stereocenters. The van der Waals surface area contributed by atoms with E-state index in [4.69, 9.17) is 0 Å². The first-order valence-electron chi connectivity index (χ1n) is 3.81. The molecule has 0 aliphatic heterocycles. The Labute approximate surface area is 109 Å². The summed E-state index contributed by atoms with van der Waals surface area (Å²) in [5.41, 5.74) is 0. The van der Waals surface area contributed by atoms with Crippen LogP contribution < -0.4 is 0 Å². The Kier molecular flexibility index (Phi) is 10.1. The molecule has 0 N–H and O–H groups in total. The van der Waals surface area contributed by atoms with Gasteiger partial charge in [-0.2, -0.15) is 37.9 Å². The quantitative estimate of drug-likeness (QED) is 0.650. The Morgan fingerprint density at radius 3 is 2.07 bits per heavy atom. The molecule has 0 amide bonds. The maximum absolute atomic E-state index is 11.0. The topological polar surface area (TPSA) is 34.1 Å². The molecule has 0 heterocycles. The van der Waals surface area contributed by atoms with E-state index in [2.05, 4.69) is 37.9 Å². The largest absolute Gasteiger partial charge is 0.286 e. The highest BCUT2D eigenvalue weighted by atomic mass is 32.2. The van der Waals surface area contributed by atoms with Crippen LogP contribution in [-0.4, -0.2) is 38.5 Å². The number of carbonyl (C=O) groups excluding carboxylic acids is 2. The zero-order valence-electron chi connectivity index (χ0n) is 7.38. The van der Waals surface area contributed by atoms with Crippen molar-refractivity contribution >= 4 is 71.6 Å². The van der Waals surface area contributed by atoms with Gasteiger partial charge in [0.25, 0.3) is 0 Å². The van der Waals surface area contributed by atoms with Gasteiger partial charge in [0.15, 0.2) is 10.2 Å². The molecule has 82 valence electrons. The van der Waals surface area contributed by atoms with E-state index in [1.54, 1.807) is 0 Å². The molecule has 2 nitrogen and oxygen atoms in total. The van der Waals surface area contributed by atoms with Crippen molar-refractivity contribution in [2.75, 3.05) is 23.0 Å². The van der Waals surface area contributed by atoms with Crippen LogP contribution >= 0.6 is 61.4 Å². The molecule has 0 aliphatic rings. The predicted molar refractivity (Wildman–Crippen MR) is 75.4 cm³/mol. The minimum atomic E-state index is 0.0197. The summed E-state index contributed by atoms with van der Waals surface area (Å²) in [6.45, 7) is 0. The standard InChI is InChI=1S/C7H12O2S5/c8-6(2-11)13-4-5(1-10)14-7(9)3-12/h5,10-12H,1-4H2. The molecule has 0 fully saturated rings. The van der Waals surface area contributed by atoms with Crippen LogP contribution in [0.5, 0.6) is 0 Å². The monoisotopic (exact) mass is 288 g/mol. The van der Waals surface area contributed by atoms with Gasteiger partial charge in [0, 0.05) is 16.8 Å². The molecule has 0 saturated heterocycles. The maximum Gasteiger partial charge on any atom is 0.198 e. The highest BCUT2D eigenvalue weighted by Crippen LogP contribution is 2.19. The molecule has 0 rings (SSSR count). The third-order valence-corrected chi connectivity index (χ3v) is 5.20. The van der Waals surface area contributed by atoms with Gasteiger partial charge in [0.05, 0.1) is 11.5 Å². The summed E-state index contributed by atoms with van der Waals surface area (Å²) >= 11 is 14.3. The summed E-state index contributed by atoms with van der Waals surface area (Å²) in [6, 6.07) is 0. The number of carbonyl (C=O) groups is 2. The number of rotatable bonds is 6. The summed E-state index contributed by atoms with van der Waals surface area (Å²) in [6.07, 6.45) is 0. The first-order valence-corrected chi connectivity index (χ1v) is 7.58. The van der Waals surface area contributed by atoms with E-state index in [1.165, 1.54) is 23.5 Å². The molecule has 0 aromatic rings. The fraction of sp³-hybridized carbons (Fsp3) is 0.714. The van der Waals surface area contributed by atoms with E-state index in [0.29, 0.717) is 11.5 Å². The van der Waals surface area contributed by atoms with Crippen LogP contribution in [0.4, 0.5) is 0 Å². The SMILES string of the molecule is O=C(CS)SCC(CS)SC(=O)CS. The van der Waals surface area contributed by atoms with Gasteiger partial charge in [0.1, 0.15) is 0 Å². The minimum absolute atomic E-state index is 0.0197. The normalized spacial score (nSPS) is 12.5. The number of hydrogen-bond donors (Lipinski definition) is 3. The van der Waals surface area contributed by atoms with Crippen molar-refractivity contribution in [1.29, 1.82) is 0 Å². The number of hydrogen-bond acceptors (Lipinski definition) is 7. The Morgan fingerprint density at radius 2 is 1.64 bits per heavy atom. The second-order valence-electron chi connectivity index (χ2n) is 2.29. The number of thiol groups is 3. The van der Waals surface area contributed by atoms with Gasteiger partial charge in [-0.3, -0.25) is 9.59 Å². The third kappa shape index (κ3) is 7.39. The van der Waals surface area contributed by atoms with Crippen LogP contribution in [0.15, 0.2) is 0 Å². The Balaban J connectivity index is 3.79. The zero-order valence-corrected chi connectivity index (χ0v) is 11.7. The van der Waals surface area contributed by atoms with Crippen LogP contribution in [0.25, 0.3) is 0 Å². The van der Waals surface area contributed by atoms with Gasteiger partial charge in [-0.25, -0.2) is 0 Å². The van der Waals surface area contributed by atoms with E-state index in [9.17, 15) is 9.59 Å². The van der Waals surface area contributed by atoms with E-state index < -0.39 is 0 Å². The zero-order chi connectivity index (χ0) is 11.0. The van der Waals surface area contributed by atoms with E-state index >= 15 is 0 Å². The van der Waals surface area contributed by atoms with Crippen molar-refractivity contribution in [3.63, 3.8) is 0 Å². The fourth-order valence-electron chi connectivity index (χ4n) is 0.579. The van der Waals surface area contributed by atoms with E-state index in [0.717, 1.165) is 0 Å². The first-order chi connectivity index (χ1) is 6.63. The molecular weight excluding hydrogens is 276 g/mol. The molecule has 0 saturated carbocycles. The lowest BCUT2D eigenvalue weighted by molar-refractivity contribution is -0.109. The summed E-state index contributed by atoms with van der Waals surface area (Å²) in [7, 11) is 0. The molecule has 0 bridgehead atoms. The molecule has 0 aromatic carbocycles. The van der Waals surface area contributed by atoms with Crippen molar-refractivity contribution in [3.8, 4) is 0 Å². The predicted octanol–water partition coefficient (Wildman–Crippen LogP) is 1.66. The lowest BCUT2D eigenvalue weighted by Crippen LogP contribution is -2.14. The fourth-order valence-corrected chi connectivity index (χ4v) is 3.18. The van der Waals surface area contributed by atoms with Crippen LogP contribution in [0.1, 0.15) is 0 Å². The molecule has 7 heteroatoms. The molecule has 14 heavy (non-hydrogen) atoms. The van der Waals surface area contributed by atoms with Crippen LogP contribution in [-0.2, 0) is 9.59 Å². The lowest BCUT2D eigenvalue weighted by Gasteiger charge is -2.10. The average Bonchev–Trinajstić information content (AvgIpc) is 2.22. The van der Waals surface area contributed by atoms with Crippen molar-refractivity contribution in [2.45, 2.75) is 5.25 Å². The van der Waals surface area contributed by atoms with Crippen molar-refractivity contribution in [1.82, 2.24) is 0 Å². The average molecular weight is 289 g/mol. The molecule has 0 spiro atoms. The maximum atomic E-state index is 11.0. The second kappa shape index (κ2) is 9.33. The summed E-state index contributed by atoms with van der Waals surface area (Å²) in [5.74, 6) is 1.64. The van der Waals surface area contributed by atoms with Gasteiger partial charge in [-0.15, -0.1) is 0 Å². The molecule has 0 radical (unpaired) electrons. The molecule has 1 unspecified atom stereocenters. The van der Waals surface area contributed by atoms with Gasteiger partial charge < -0.3 is 0 Å². The van der Waals surface area contributed by atoms with Crippen molar-refractivity contribution in [2.24, 2.45) is 0 Å². The van der Waals surface area contributed by atoms with Crippen LogP contribution in [0.2, 0.25) is 0 Å². The third-order valence-electron chi connectivity index (χ3n) is 1.19. The lowest BCUT2D eigenvalue weighted by atomic mass is 10.5. The Bertz CT molecular complexity index is 197. The van der Waals surface area contributed by atoms with E-state index in [1.807, 2.05) is 0 Å². The summed E-state index contributed by atoms with van der Waals surface area (Å²) in [4.78, 5) is 22.0. The Morgan fingerprint density at radius 1 is 1.07 bits per heavy atom. The molecule has 0 aromatic heterocycles. The van der Waals surface area contributed by atoms with Crippen molar-refractivity contribution < 1.29 is 9.59 Å². The number of thioether (sulfide) groups is 2. The van der Waals surface area contributed by atoms with E-state index in [-0.39, 0.29) is 27.0 Å². The van der Waals surface area contributed by atoms with Crippen LogP contribution in [0.3, 0.4) is 0 Å².